The van der Waals surface area contributed by atoms with Gasteiger partial charge in [0.2, 0.25) is 5.88 Å². The van der Waals surface area contributed by atoms with Crippen molar-refractivity contribution in [2.24, 2.45) is 7.05 Å². The van der Waals surface area contributed by atoms with E-state index in [1.54, 1.807) is 10.8 Å². The number of aliphatic hydroxyl groups is 1. The molecule has 0 spiro atoms. The first-order valence-electron chi connectivity index (χ1n) is 12.2. The molecule has 3 aromatic rings. The van der Waals surface area contributed by atoms with E-state index in [0.717, 1.165) is 42.0 Å². The number of aliphatic hydroxyl groups excluding tert-OH is 1. The minimum atomic E-state index is -0.633. The van der Waals surface area contributed by atoms with Crippen LogP contribution in [-0.2, 0) is 23.1 Å². The van der Waals surface area contributed by atoms with Crippen LogP contribution in [-0.4, -0.2) is 64.9 Å². The molecule has 1 N–H and O–H groups in total. The Kier molecular flexibility index (Phi) is 9.08. The Morgan fingerprint density at radius 1 is 1.20 bits per heavy atom. The van der Waals surface area contributed by atoms with Gasteiger partial charge in [-0.25, -0.2) is 4.68 Å². The zero-order valence-corrected chi connectivity index (χ0v) is 20.4. The van der Waals surface area contributed by atoms with E-state index in [1.165, 1.54) is 0 Å². The highest BCUT2D eigenvalue weighted by molar-refractivity contribution is 5.65. The highest BCUT2D eigenvalue weighted by Gasteiger charge is 2.26. The number of rotatable bonds is 13. The maximum Gasteiger partial charge on any atom is 0.222 e. The van der Waals surface area contributed by atoms with Gasteiger partial charge < -0.3 is 19.3 Å². The van der Waals surface area contributed by atoms with E-state index in [9.17, 15) is 5.11 Å². The zero-order valence-electron chi connectivity index (χ0n) is 20.4. The summed E-state index contributed by atoms with van der Waals surface area (Å²) in [5, 5.41) is 15.5. The van der Waals surface area contributed by atoms with Crippen molar-refractivity contribution in [2.45, 2.75) is 31.6 Å². The molecule has 1 aliphatic heterocycles. The summed E-state index contributed by atoms with van der Waals surface area (Å²) in [5.74, 6) is 1.43. The number of benzene rings is 2. The predicted octanol–water partition coefficient (Wildman–Crippen LogP) is 4.42. The smallest absolute Gasteiger partial charge is 0.222 e. The van der Waals surface area contributed by atoms with Crippen molar-refractivity contribution in [1.82, 2.24) is 14.7 Å². The van der Waals surface area contributed by atoms with E-state index < -0.39 is 6.10 Å². The van der Waals surface area contributed by atoms with Crippen LogP contribution in [0.4, 0.5) is 0 Å². The lowest BCUT2D eigenvalue weighted by atomic mass is 10.1. The fourth-order valence-corrected chi connectivity index (χ4v) is 4.39. The lowest BCUT2D eigenvalue weighted by Gasteiger charge is -2.27. The highest BCUT2D eigenvalue weighted by atomic mass is 16.5. The summed E-state index contributed by atoms with van der Waals surface area (Å²) in [6.07, 6.45) is 3.28. The second-order valence-electron chi connectivity index (χ2n) is 8.85. The molecule has 186 valence electrons. The summed E-state index contributed by atoms with van der Waals surface area (Å²) < 4.78 is 19.6. The summed E-state index contributed by atoms with van der Waals surface area (Å²) in [6.45, 7) is 6.84. The van der Waals surface area contributed by atoms with Crippen LogP contribution in [0.3, 0.4) is 0 Å². The Morgan fingerprint density at radius 2 is 1.94 bits per heavy atom. The van der Waals surface area contributed by atoms with Crippen LogP contribution in [0, 0.1) is 0 Å². The van der Waals surface area contributed by atoms with Crippen molar-refractivity contribution in [3.63, 3.8) is 0 Å². The van der Waals surface area contributed by atoms with Gasteiger partial charge in [0.25, 0.3) is 0 Å². The molecule has 1 aliphatic rings. The zero-order chi connectivity index (χ0) is 24.5. The number of hydrogen-bond acceptors (Lipinski definition) is 6. The number of para-hydroxylation sites is 1. The standard InChI is InChI=1S/C28H35N3O4/c1-3-16-33-21-23(32)18-31(19-25-15-10-17-34-25)20-26-27(22-11-6-4-7-12-22)29-30(2)28(26)35-24-13-8-5-9-14-24/h3-9,11-14,23,25,32H,1,10,15-21H2,2H3/t23-,25-/m1/s1. The second kappa shape index (κ2) is 12.7. The third kappa shape index (κ3) is 7.02. The van der Waals surface area contributed by atoms with E-state index in [-0.39, 0.29) is 12.7 Å². The maximum absolute atomic E-state index is 10.7. The van der Waals surface area contributed by atoms with Crippen LogP contribution in [0.5, 0.6) is 11.6 Å². The van der Waals surface area contributed by atoms with E-state index in [0.29, 0.717) is 32.1 Å². The van der Waals surface area contributed by atoms with Crippen molar-refractivity contribution in [3.8, 4) is 22.9 Å². The Bertz CT molecular complexity index is 1050. The molecule has 2 heterocycles. The van der Waals surface area contributed by atoms with Crippen molar-refractivity contribution >= 4 is 0 Å². The first-order chi connectivity index (χ1) is 17.1. The van der Waals surface area contributed by atoms with Crippen LogP contribution in [0.2, 0.25) is 0 Å². The van der Waals surface area contributed by atoms with Crippen LogP contribution in [0.25, 0.3) is 11.3 Å². The van der Waals surface area contributed by atoms with E-state index in [4.69, 9.17) is 19.3 Å². The van der Waals surface area contributed by atoms with Gasteiger partial charge in [-0.05, 0) is 25.0 Å². The normalized spacial score (nSPS) is 16.5. The molecule has 0 bridgehead atoms. The number of nitrogens with zero attached hydrogens (tertiary/aromatic N) is 3. The fraction of sp³-hybridized carbons (Fsp3) is 0.393. The number of aromatic nitrogens is 2. The molecule has 1 aromatic heterocycles. The van der Waals surface area contributed by atoms with E-state index >= 15 is 0 Å². The minimum Gasteiger partial charge on any atom is -0.439 e. The van der Waals surface area contributed by atoms with E-state index in [2.05, 4.69) is 23.6 Å². The summed E-state index contributed by atoms with van der Waals surface area (Å²) in [5.41, 5.74) is 2.86. The van der Waals surface area contributed by atoms with Gasteiger partial charge in [-0.2, -0.15) is 5.10 Å². The molecule has 1 fully saturated rings. The molecular formula is C28H35N3O4. The van der Waals surface area contributed by atoms with Gasteiger partial charge in [-0.15, -0.1) is 6.58 Å². The third-order valence-electron chi connectivity index (χ3n) is 5.98. The van der Waals surface area contributed by atoms with Gasteiger partial charge in [-0.3, -0.25) is 4.90 Å². The van der Waals surface area contributed by atoms with E-state index in [1.807, 2.05) is 55.6 Å². The molecule has 2 atom stereocenters. The van der Waals surface area contributed by atoms with Gasteiger partial charge in [0.1, 0.15) is 11.4 Å². The van der Waals surface area contributed by atoms with Crippen molar-refractivity contribution < 1.29 is 19.3 Å². The summed E-state index contributed by atoms with van der Waals surface area (Å²) in [7, 11) is 1.90. The van der Waals surface area contributed by atoms with Gasteiger partial charge >= 0.3 is 0 Å². The first kappa shape index (κ1) is 25.1. The molecule has 0 radical (unpaired) electrons. The minimum absolute atomic E-state index is 0.145. The number of hydrogen-bond donors (Lipinski definition) is 1. The van der Waals surface area contributed by atoms with Crippen LogP contribution < -0.4 is 4.74 Å². The second-order valence-corrected chi connectivity index (χ2v) is 8.85. The number of ether oxygens (including phenoxy) is 3. The largest absolute Gasteiger partial charge is 0.439 e. The van der Waals surface area contributed by atoms with Crippen molar-refractivity contribution in [2.75, 3.05) is 32.9 Å². The Hall–Kier alpha value is -2.97. The SMILES string of the molecule is C=CCOC[C@H](O)CN(Cc1c(-c2ccccc2)nn(C)c1Oc1ccccc1)C[C@H]1CCCO1. The Labute approximate surface area is 207 Å². The lowest BCUT2D eigenvalue weighted by Crippen LogP contribution is -2.39. The molecule has 0 unspecified atom stereocenters. The Morgan fingerprint density at radius 3 is 2.63 bits per heavy atom. The average molecular weight is 478 g/mol. The molecule has 1 saturated heterocycles. The molecule has 7 nitrogen and oxygen atoms in total. The Balaban J connectivity index is 1.64. The lowest BCUT2D eigenvalue weighted by molar-refractivity contribution is 0.00845. The molecule has 4 rings (SSSR count). The molecule has 0 amide bonds. The highest BCUT2D eigenvalue weighted by Crippen LogP contribution is 2.34. The molecule has 0 aliphatic carbocycles. The molecule has 0 saturated carbocycles. The summed E-state index contributed by atoms with van der Waals surface area (Å²) in [4.78, 5) is 2.22. The van der Waals surface area contributed by atoms with Crippen molar-refractivity contribution in [1.29, 1.82) is 0 Å². The molecular weight excluding hydrogens is 442 g/mol. The van der Waals surface area contributed by atoms with Crippen LogP contribution in [0.15, 0.2) is 73.3 Å². The summed E-state index contributed by atoms with van der Waals surface area (Å²) >= 11 is 0. The summed E-state index contributed by atoms with van der Waals surface area (Å²) in [6, 6.07) is 19.9. The maximum atomic E-state index is 10.7. The van der Waals surface area contributed by atoms with Crippen molar-refractivity contribution in [3.05, 3.63) is 78.9 Å². The average Bonchev–Trinajstić information content (AvgIpc) is 3.49. The monoisotopic (exact) mass is 477 g/mol. The van der Waals surface area contributed by atoms with Crippen LogP contribution in [0.1, 0.15) is 18.4 Å². The molecule has 7 heteroatoms. The van der Waals surface area contributed by atoms with Gasteiger partial charge in [0.05, 0.1) is 31.0 Å². The number of aryl methyl sites for hydroxylation is 1. The fourth-order valence-electron chi connectivity index (χ4n) is 4.39. The first-order valence-corrected chi connectivity index (χ1v) is 12.2. The quantitative estimate of drug-likeness (QED) is 0.290. The topological polar surface area (TPSA) is 69.0 Å². The predicted molar refractivity (Wildman–Crippen MR) is 136 cm³/mol. The van der Waals surface area contributed by atoms with Crippen LogP contribution >= 0.6 is 0 Å². The van der Waals surface area contributed by atoms with Gasteiger partial charge in [0, 0.05) is 38.9 Å². The molecule has 35 heavy (non-hydrogen) atoms. The van der Waals surface area contributed by atoms with Gasteiger partial charge in [-0.1, -0.05) is 54.6 Å². The molecule has 2 aromatic carbocycles. The third-order valence-corrected chi connectivity index (χ3v) is 5.98. The van der Waals surface area contributed by atoms with Gasteiger partial charge in [0.15, 0.2) is 0 Å².